The molecule has 0 radical (unpaired) electrons. The number of likely N-dealkylation sites (N-methyl/N-ethyl adjacent to an activating group) is 2. The lowest BCUT2D eigenvalue weighted by Crippen LogP contribution is -2.52. The predicted octanol–water partition coefficient (Wildman–Crippen LogP) is 4.50. The molecule has 2 heterocycles. The van der Waals surface area contributed by atoms with Gasteiger partial charge in [0.1, 0.15) is 5.54 Å². The number of ketones is 1. The molecule has 5 heteroatoms. The van der Waals surface area contributed by atoms with Crippen molar-refractivity contribution in [2.45, 2.75) is 25.3 Å². The quantitative estimate of drug-likeness (QED) is 0.643. The van der Waals surface area contributed by atoms with Crippen molar-refractivity contribution in [1.82, 2.24) is 4.90 Å². The molecule has 1 saturated heterocycles. The van der Waals surface area contributed by atoms with Crippen molar-refractivity contribution in [1.29, 1.82) is 0 Å². The molecule has 2 aliphatic heterocycles. The van der Waals surface area contributed by atoms with Gasteiger partial charge in [-0.2, -0.15) is 0 Å². The molecule has 3 atom stereocenters. The molecule has 2 aromatic carbocycles. The van der Waals surface area contributed by atoms with Crippen LogP contribution in [0.25, 0.3) is 0 Å². The van der Waals surface area contributed by atoms with Crippen LogP contribution in [0.3, 0.4) is 0 Å². The van der Waals surface area contributed by atoms with Crippen LogP contribution in [0.1, 0.15) is 30.9 Å². The Morgan fingerprint density at radius 2 is 1.76 bits per heavy atom. The van der Waals surface area contributed by atoms with Crippen LogP contribution in [-0.2, 0) is 15.1 Å². The van der Waals surface area contributed by atoms with Crippen molar-refractivity contribution in [3.8, 4) is 0 Å². The predicted molar refractivity (Wildman–Crippen MR) is 119 cm³/mol. The number of amides is 1. The smallest absolute Gasteiger partial charge is 0.252 e. The molecule has 0 bridgehead atoms. The molecule has 150 valence electrons. The molecular formula is C24H25BrN2O2. The maximum absolute atomic E-state index is 13.7. The highest BCUT2D eigenvalue weighted by atomic mass is 79.9. The summed E-state index contributed by atoms with van der Waals surface area (Å²) in [4.78, 5) is 31.1. The Balaban J connectivity index is 1.95. The highest BCUT2D eigenvalue weighted by molar-refractivity contribution is 9.10. The van der Waals surface area contributed by atoms with Crippen molar-refractivity contribution in [2.75, 3.05) is 25.5 Å². The Bertz CT molecular complexity index is 1010. The molecule has 0 aromatic heterocycles. The van der Waals surface area contributed by atoms with Crippen LogP contribution < -0.4 is 4.90 Å². The van der Waals surface area contributed by atoms with E-state index in [0.29, 0.717) is 6.54 Å². The Labute approximate surface area is 180 Å². The summed E-state index contributed by atoms with van der Waals surface area (Å²) < 4.78 is 0.997. The molecule has 0 N–H and O–H groups in total. The number of hydrogen-bond acceptors (Lipinski definition) is 3. The average molecular weight is 453 g/mol. The lowest BCUT2D eigenvalue weighted by Gasteiger charge is -2.35. The third kappa shape index (κ3) is 2.90. The van der Waals surface area contributed by atoms with Gasteiger partial charge < -0.3 is 4.90 Å². The van der Waals surface area contributed by atoms with Crippen molar-refractivity contribution >= 4 is 33.3 Å². The highest BCUT2D eigenvalue weighted by Crippen LogP contribution is 2.56. The molecule has 1 fully saturated rings. The SMILES string of the molecule is CC(C)=CC(=O)[C@@H]1[C@@H](c2ccc(Br)cc2)CN(C)[C@@]12C(=O)N(C)c1ccccc12. The van der Waals surface area contributed by atoms with Crippen LogP contribution in [0, 0.1) is 5.92 Å². The topological polar surface area (TPSA) is 40.6 Å². The fourth-order valence-corrected chi connectivity index (χ4v) is 5.36. The minimum Gasteiger partial charge on any atom is -0.313 e. The van der Waals surface area contributed by atoms with Gasteiger partial charge in [0, 0.05) is 35.2 Å². The maximum atomic E-state index is 13.7. The molecule has 2 aromatic rings. The molecule has 1 spiro atoms. The first-order valence-corrected chi connectivity index (χ1v) is 10.6. The Hall–Kier alpha value is -2.24. The standard InChI is InChI=1S/C24H25BrN2O2/c1-15(2)13-21(28)22-18(16-9-11-17(25)12-10-16)14-26(3)24(22)19-7-5-6-8-20(19)27(4)23(24)29/h5-13,18,22H,14H2,1-4H3/t18-,22+,24-/m1/s1. The number of likely N-dealkylation sites (tertiary alicyclic amines) is 1. The Kier molecular flexibility index (Phi) is 4.99. The van der Waals surface area contributed by atoms with Gasteiger partial charge in [-0.1, -0.05) is 51.8 Å². The number of allylic oxidation sites excluding steroid dienone is 2. The van der Waals surface area contributed by atoms with E-state index in [1.165, 1.54) is 0 Å². The fourth-order valence-electron chi connectivity index (χ4n) is 5.10. The molecular weight excluding hydrogens is 428 g/mol. The third-order valence-electron chi connectivity index (χ3n) is 6.27. The molecule has 0 saturated carbocycles. The van der Waals surface area contributed by atoms with Gasteiger partial charge in [-0.05, 0) is 50.7 Å². The third-order valence-corrected chi connectivity index (χ3v) is 6.80. The number of benzene rings is 2. The fraction of sp³-hybridized carbons (Fsp3) is 0.333. The maximum Gasteiger partial charge on any atom is 0.252 e. The number of halogens is 1. The van der Waals surface area contributed by atoms with Crippen LogP contribution in [-0.4, -0.2) is 37.2 Å². The van der Waals surface area contributed by atoms with Gasteiger partial charge in [-0.25, -0.2) is 0 Å². The van der Waals surface area contributed by atoms with Crippen molar-refractivity contribution in [3.63, 3.8) is 0 Å². The number of carbonyl (C=O) groups is 2. The first-order chi connectivity index (χ1) is 13.8. The molecule has 4 rings (SSSR count). The zero-order chi connectivity index (χ0) is 20.9. The minimum atomic E-state index is -0.980. The molecule has 1 amide bonds. The molecule has 4 nitrogen and oxygen atoms in total. The van der Waals surface area contributed by atoms with E-state index in [2.05, 4.69) is 33.0 Å². The summed E-state index contributed by atoms with van der Waals surface area (Å²) in [6, 6.07) is 16.0. The lowest BCUT2D eigenvalue weighted by atomic mass is 9.71. The first kappa shape index (κ1) is 20.0. The number of hydrogen-bond donors (Lipinski definition) is 0. The number of rotatable bonds is 3. The number of para-hydroxylation sites is 1. The molecule has 0 unspecified atom stereocenters. The summed E-state index contributed by atoms with van der Waals surface area (Å²) in [6.45, 7) is 4.49. The van der Waals surface area contributed by atoms with Crippen molar-refractivity contribution in [2.24, 2.45) is 5.92 Å². The zero-order valence-corrected chi connectivity index (χ0v) is 18.7. The van der Waals surface area contributed by atoms with E-state index in [1.807, 2.05) is 57.3 Å². The van der Waals surface area contributed by atoms with Gasteiger partial charge in [-0.3, -0.25) is 14.5 Å². The van der Waals surface area contributed by atoms with Gasteiger partial charge in [0.2, 0.25) is 0 Å². The largest absolute Gasteiger partial charge is 0.313 e. The van der Waals surface area contributed by atoms with Crippen LogP contribution in [0.15, 0.2) is 64.7 Å². The summed E-state index contributed by atoms with van der Waals surface area (Å²) in [5.41, 5.74) is 2.86. The number of anilines is 1. The summed E-state index contributed by atoms with van der Waals surface area (Å²) in [7, 11) is 3.77. The second-order valence-electron chi connectivity index (χ2n) is 8.29. The molecule has 2 aliphatic rings. The average Bonchev–Trinajstić information content (AvgIpc) is 3.11. The second-order valence-corrected chi connectivity index (χ2v) is 9.20. The van der Waals surface area contributed by atoms with E-state index in [0.717, 1.165) is 26.9 Å². The van der Waals surface area contributed by atoms with Crippen LogP contribution in [0.2, 0.25) is 0 Å². The highest BCUT2D eigenvalue weighted by Gasteiger charge is 2.65. The van der Waals surface area contributed by atoms with Crippen LogP contribution in [0.5, 0.6) is 0 Å². The number of nitrogens with zero attached hydrogens (tertiary/aromatic N) is 2. The van der Waals surface area contributed by atoms with Gasteiger partial charge in [0.25, 0.3) is 5.91 Å². The van der Waals surface area contributed by atoms with Crippen LogP contribution >= 0.6 is 15.9 Å². The Morgan fingerprint density at radius 1 is 1.10 bits per heavy atom. The molecule has 29 heavy (non-hydrogen) atoms. The zero-order valence-electron chi connectivity index (χ0n) is 17.1. The van der Waals surface area contributed by atoms with E-state index in [-0.39, 0.29) is 17.6 Å². The summed E-state index contributed by atoms with van der Waals surface area (Å²) >= 11 is 3.49. The van der Waals surface area contributed by atoms with Crippen molar-refractivity contribution < 1.29 is 9.59 Å². The van der Waals surface area contributed by atoms with Gasteiger partial charge >= 0.3 is 0 Å². The van der Waals surface area contributed by atoms with Gasteiger partial charge in [0.15, 0.2) is 5.78 Å². The Morgan fingerprint density at radius 3 is 2.41 bits per heavy atom. The normalized spacial score (nSPS) is 26.1. The minimum absolute atomic E-state index is 0.0146. The first-order valence-electron chi connectivity index (χ1n) is 9.81. The van der Waals surface area contributed by atoms with Gasteiger partial charge in [0.05, 0.1) is 5.92 Å². The van der Waals surface area contributed by atoms with Crippen LogP contribution in [0.4, 0.5) is 5.69 Å². The monoisotopic (exact) mass is 452 g/mol. The van der Waals surface area contributed by atoms with E-state index in [1.54, 1.807) is 18.0 Å². The second kappa shape index (κ2) is 7.22. The number of fused-ring (bicyclic) bond motifs is 2. The summed E-state index contributed by atoms with van der Waals surface area (Å²) in [5.74, 6) is -0.566. The van der Waals surface area contributed by atoms with E-state index >= 15 is 0 Å². The van der Waals surface area contributed by atoms with E-state index in [9.17, 15) is 9.59 Å². The number of carbonyl (C=O) groups excluding carboxylic acids is 2. The van der Waals surface area contributed by atoms with E-state index < -0.39 is 11.5 Å². The van der Waals surface area contributed by atoms with Gasteiger partial charge in [-0.15, -0.1) is 0 Å². The summed E-state index contributed by atoms with van der Waals surface area (Å²) in [6.07, 6.45) is 1.70. The summed E-state index contributed by atoms with van der Waals surface area (Å²) in [5, 5.41) is 0. The van der Waals surface area contributed by atoms with E-state index in [4.69, 9.17) is 0 Å². The lowest BCUT2D eigenvalue weighted by molar-refractivity contribution is -0.135. The van der Waals surface area contributed by atoms with Crippen molar-refractivity contribution in [3.05, 3.63) is 75.8 Å². The molecule has 0 aliphatic carbocycles.